The molecule has 2 N–H and O–H groups in total. The molecule has 1 saturated carbocycles. The van der Waals surface area contributed by atoms with Crippen molar-refractivity contribution >= 4 is 51.8 Å². The van der Waals surface area contributed by atoms with Crippen molar-refractivity contribution in [3.8, 4) is 17.2 Å². The van der Waals surface area contributed by atoms with Gasteiger partial charge in [0.1, 0.15) is 17.2 Å². The van der Waals surface area contributed by atoms with Gasteiger partial charge in [-0.05, 0) is 55.7 Å². The number of methoxy groups -OCH3 is 1. The van der Waals surface area contributed by atoms with Crippen LogP contribution in [-0.4, -0.2) is 29.5 Å². The summed E-state index contributed by atoms with van der Waals surface area (Å²) in [5.74, 6) is 1.58. The molecule has 1 aromatic heterocycles. The second-order valence-corrected chi connectivity index (χ2v) is 7.82. The number of ether oxygens (including phenoxy) is 2. The van der Waals surface area contributed by atoms with Gasteiger partial charge in [0, 0.05) is 29.8 Å². The normalized spacial score (nSPS) is 13.4. The minimum Gasteiger partial charge on any atom is -0.496 e. The zero-order valence-corrected chi connectivity index (χ0v) is 17.8. The molecule has 0 spiro atoms. The Bertz CT molecular complexity index is 1120. The fourth-order valence-corrected chi connectivity index (χ4v) is 3.70. The van der Waals surface area contributed by atoms with E-state index < -0.39 is 0 Å². The van der Waals surface area contributed by atoms with Gasteiger partial charge in [0.15, 0.2) is 11.4 Å². The molecule has 1 aliphatic carbocycles. The third kappa shape index (κ3) is 4.32. The van der Waals surface area contributed by atoms with Crippen molar-refractivity contribution in [3.05, 3.63) is 53.2 Å². The molecule has 3 aromatic rings. The summed E-state index contributed by atoms with van der Waals surface area (Å²) in [6.45, 7) is 0. The molecular weight excluding hydrogens is 422 g/mol. The quantitative estimate of drug-likeness (QED) is 0.395. The van der Waals surface area contributed by atoms with Crippen molar-refractivity contribution in [3.63, 3.8) is 0 Å². The number of aromatic nitrogens is 1. The van der Waals surface area contributed by atoms with Gasteiger partial charge in [-0.2, -0.15) is 0 Å². The minimum atomic E-state index is 0.424. The Labute approximate surface area is 184 Å². The molecular formula is C22H20ClN3O3S. The van der Waals surface area contributed by atoms with Crippen LogP contribution in [0.4, 0.5) is 5.69 Å². The molecule has 154 valence electrons. The van der Waals surface area contributed by atoms with Gasteiger partial charge in [-0.15, -0.1) is 0 Å². The highest BCUT2D eigenvalue weighted by molar-refractivity contribution is 7.80. The number of halogens is 1. The lowest BCUT2D eigenvalue weighted by Crippen LogP contribution is -2.41. The number of carbonyl (C=O) groups excluding carboxylic acids is 1. The predicted octanol–water partition coefficient (Wildman–Crippen LogP) is 5.34. The van der Waals surface area contributed by atoms with Gasteiger partial charge in [-0.3, -0.25) is 9.78 Å². The molecule has 1 aliphatic rings. The summed E-state index contributed by atoms with van der Waals surface area (Å²) >= 11 is 11.8. The molecule has 0 bridgehead atoms. The molecule has 6 nitrogen and oxygen atoms in total. The van der Waals surface area contributed by atoms with E-state index in [9.17, 15) is 4.79 Å². The average molecular weight is 442 g/mol. The molecule has 1 fully saturated rings. The Hall–Kier alpha value is -2.90. The number of pyridine rings is 1. The van der Waals surface area contributed by atoms with E-state index in [1.54, 1.807) is 36.5 Å². The molecule has 1 heterocycles. The number of benzene rings is 2. The standard InChI is InChI=1S/C22H20ClN3O3S/c1-28-21-11-19-16(9-13(21)12-27)20(7-8-24-19)29-15-5-6-18(17(23)10-15)26-22(30)25-14-3-2-4-14/h5-12,14H,2-4H2,1H3,(H2,25,26,30). The van der Waals surface area contributed by atoms with Crippen molar-refractivity contribution in [2.75, 3.05) is 12.4 Å². The van der Waals surface area contributed by atoms with Crippen molar-refractivity contribution in [2.45, 2.75) is 25.3 Å². The number of hydrogen-bond acceptors (Lipinski definition) is 5. The minimum absolute atomic E-state index is 0.424. The number of anilines is 1. The first kappa shape index (κ1) is 20.4. The topological polar surface area (TPSA) is 72.5 Å². The van der Waals surface area contributed by atoms with Crippen LogP contribution in [0.5, 0.6) is 17.2 Å². The SMILES string of the molecule is COc1cc2nccc(Oc3ccc(NC(=S)NC4CCC4)c(Cl)c3)c2cc1C=O. The van der Waals surface area contributed by atoms with Crippen LogP contribution in [0.1, 0.15) is 29.6 Å². The first-order valence-corrected chi connectivity index (χ1v) is 10.3. The Balaban J connectivity index is 1.55. The van der Waals surface area contributed by atoms with Crippen LogP contribution in [0.15, 0.2) is 42.6 Å². The zero-order valence-electron chi connectivity index (χ0n) is 16.3. The van der Waals surface area contributed by atoms with Crippen LogP contribution in [-0.2, 0) is 0 Å². The van der Waals surface area contributed by atoms with Crippen LogP contribution in [0.3, 0.4) is 0 Å². The van der Waals surface area contributed by atoms with Crippen LogP contribution in [0.2, 0.25) is 5.02 Å². The molecule has 2 aromatic carbocycles. The lowest BCUT2D eigenvalue weighted by atomic mass is 9.93. The molecule has 0 unspecified atom stereocenters. The lowest BCUT2D eigenvalue weighted by Gasteiger charge is -2.28. The Kier molecular flexibility index (Phi) is 6.01. The fraction of sp³-hybridized carbons (Fsp3) is 0.227. The maximum atomic E-state index is 11.4. The fourth-order valence-electron chi connectivity index (χ4n) is 3.21. The summed E-state index contributed by atoms with van der Waals surface area (Å²) in [5, 5.41) is 8.14. The molecule has 0 radical (unpaired) electrons. The van der Waals surface area contributed by atoms with Crippen LogP contribution in [0.25, 0.3) is 10.9 Å². The van der Waals surface area contributed by atoms with E-state index in [0.29, 0.717) is 55.6 Å². The number of nitrogens with one attached hydrogen (secondary N) is 2. The summed E-state index contributed by atoms with van der Waals surface area (Å²) < 4.78 is 11.3. The van der Waals surface area contributed by atoms with Gasteiger partial charge in [0.2, 0.25) is 0 Å². The van der Waals surface area contributed by atoms with Gasteiger partial charge < -0.3 is 20.1 Å². The van der Waals surface area contributed by atoms with E-state index in [1.165, 1.54) is 13.5 Å². The largest absolute Gasteiger partial charge is 0.496 e. The van der Waals surface area contributed by atoms with E-state index in [0.717, 1.165) is 19.1 Å². The summed E-state index contributed by atoms with van der Waals surface area (Å²) in [4.78, 5) is 15.7. The summed E-state index contributed by atoms with van der Waals surface area (Å²) in [6.07, 6.45) is 5.89. The van der Waals surface area contributed by atoms with Gasteiger partial charge in [-0.1, -0.05) is 11.6 Å². The molecule has 0 aliphatic heterocycles. The Morgan fingerprint density at radius 3 is 2.73 bits per heavy atom. The lowest BCUT2D eigenvalue weighted by molar-refractivity contribution is 0.112. The van der Waals surface area contributed by atoms with Crippen molar-refractivity contribution in [1.29, 1.82) is 0 Å². The number of carbonyl (C=O) groups is 1. The summed E-state index contributed by atoms with van der Waals surface area (Å²) in [5.41, 5.74) is 1.79. The third-order valence-electron chi connectivity index (χ3n) is 5.04. The highest BCUT2D eigenvalue weighted by atomic mass is 35.5. The van der Waals surface area contributed by atoms with Gasteiger partial charge in [0.25, 0.3) is 0 Å². The van der Waals surface area contributed by atoms with E-state index in [2.05, 4.69) is 15.6 Å². The number of nitrogens with zero attached hydrogens (tertiary/aromatic N) is 1. The predicted molar refractivity (Wildman–Crippen MR) is 122 cm³/mol. The molecule has 30 heavy (non-hydrogen) atoms. The maximum Gasteiger partial charge on any atom is 0.171 e. The van der Waals surface area contributed by atoms with Crippen molar-refractivity contribution in [2.24, 2.45) is 0 Å². The smallest absolute Gasteiger partial charge is 0.171 e. The van der Waals surface area contributed by atoms with Gasteiger partial charge in [-0.25, -0.2) is 0 Å². The third-order valence-corrected chi connectivity index (χ3v) is 5.57. The van der Waals surface area contributed by atoms with Crippen LogP contribution in [0, 0.1) is 0 Å². The number of hydrogen-bond donors (Lipinski definition) is 2. The average Bonchev–Trinajstić information content (AvgIpc) is 2.72. The van der Waals surface area contributed by atoms with Crippen LogP contribution >= 0.6 is 23.8 Å². The summed E-state index contributed by atoms with van der Waals surface area (Å²) in [7, 11) is 1.51. The first-order chi connectivity index (χ1) is 14.6. The highest BCUT2D eigenvalue weighted by Crippen LogP contribution is 2.35. The highest BCUT2D eigenvalue weighted by Gasteiger charge is 2.18. The van der Waals surface area contributed by atoms with Crippen LogP contribution < -0.4 is 20.1 Å². The van der Waals surface area contributed by atoms with Crippen molar-refractivity contribution < 1.29 is 14.3 Å². The second kappa shape index (κ2) is 8.85. The molecule has 0 amide bonds. The molecule has 4 rings (SSSR count). The van der Waals surface area contributed by atoms with Gasteiger partial charge >= 0.3 is 0 Å². The second-order valence-electron chi connectivity index (χ2n) is 7.01. The monoisotopic (exact) mass is 441 g/mol. The van der Waals surface area contributed by atoms with Gasteiger partial charge in [0.05, 0.1) is 28.9 Å². The number of rotatable bonds is 6. The molecule has 0 atom stereocenters. The Morgan fingerprint density at radius 1 is 1.23 bits per heavy atom. The first-order valence-electron chi connectivity index (χ1n) is 9.54. The zero-order chi connectivity index (χ0) is 21.1. The summed E-state index contributed by atoms with van der Waals surface area (Å²) in [6, 6.07) is 10.9. The van der Waals surface area contributed by atoms with Crippen molar-refractivity contribution in [1.82, 2.24) is 10.3 Å². The van der Waals surface area contributed by atoms with E-state index in [4.69, 9.17) is 33.3 Å². The van der Waals surface area contributed by atoms with E-state index in [-0.39, 0.29) is 0 Å². The number of thiocarbonyl (C=S) groups is 1. The number of aldehydes is 1. The maximum absolute atomic E-state index is 11.4. The molecule has 8 heteroatoms. The Morgan fingerprint density at radius 2 is 2.07 bits per heavy atom. The van der Waals surface area contributed by atoms with E-state index in [1.807, 2.05) is 6.07 Å². The number of fused-ring (bicyclic) bond motifs is 1. The molecule has 0 saturated heterocycles. The van der Waals surface area contributed by atoms with E-state index >= 15 is 0 Å².